The maximum Gasteiger partial charge on any atom is 0.235 e. The Morgan fingerprint density at radius 2 is 2.07 bits per heavy atom. The highest BCUT2D eigenvalue weighted by molar-refractivity contribution is 7.18. The van der Waals surface area contributed by atoms with Crippen LogP contribution in [0.15, 0.2) is 42.9 Å². The minimum absolute atomic E-state index is 0.0798. The van der Waals surface area contributed by atoms with Crippen molar-refractivity contribution in [1.29, 1.82) is 5.41 Å². The van der Waals surface area contributed by atoms with Crippen LogP contribution in [0.4, 0.5) is 0 Å². The summed E-state index contributed by atoms with van der Waals surface area (Å²) in [5.41, 5.74) is 4.09. The molecule has 0 saturated carbocycles. The van der Waals surface area contributed by atoms with Gasteiger partial charge in [-0.3, -0.25) is 15.1 Å². The molecule has 0 aliphatic rings. The van der Waals surface area contributed by atoms with E-state index in [2.05, 4.69) is 37.5 Å². The van der Waals surface area contributed by atoms with Crippen LogP contribution in [0.3, 0.4) is 0 Å². The number of hydrogen-bond donors (Lipinski definition) is 2. The summed E-state index contributed by atoms with van der Waals surface area (Å²) in [7, 11) is 1.89. The SMILES string of the molecule is C[C@@H](O)C(=N)c1nn2c(Cc3ccc4ncc(-c5cnn(C)c5)cc4c3)nnc2s1. The monoisotopic (exact) mass is 418 g/mol. The van der Waals surface area contributed by atoms with Crippen LogP contribution in [0.2, 0.25) is 0 Å². The van der Waals surface area contributed by atoms with Crippen molar-refractivity contribution in [3.05, 3.63) is 59.3 Å². The number of nitrogens with zero attached hydrogens (tertiary/aromatic N) is 7. The molecular formula is C20H18N8OS. The minimum Gasteiger partial charge on any atom is -0.387 e. The average molecular weight is 418 g/mol. The zero-order chi connectivity index (χ0) is 20.8. The molecule has 0 saturated heterocycles. The second-order valence-electron chi connectivity index (χ2n) is 7.14. The fraction of sp³-hybridized carbons (Fsp3) is 0.200. The van der Waals surface area contributed by atoms with E-state index < -0.39 is 6.10 Å². The fourth-order valence-electron chi connectivity index (χ4n) is 3.26. The van der Waals surface area contributed by atoms with Gasteiger partial charge < -0.3 is 5.11 Å². The number of aliphatic hydroxyl groups is 1. The molecule has 0 fully saturated rings. The number of pyridine rings is 1. The van der Waals surface area contributed by atoms with Crippen LogP contribution in [0.25, 0.3) is 27.0 Å². The molecule has 1 aromatic carbocycles. The normalized spacial score (nSPS) is 12.6. The molecule has 0 radical (unpaired) electrons. The maximum absolute atomic E-state index is 9.63. The Labute approximate surface area is 175 Å². The summed E-state index contributed by atoms with van der Waals surface area (Å²) in [6.45, 7) is 1.55. The number of hydrogen-bond acceptors (Lipinski definition) is 8. The topological polar surface area (TPSA) is 118 Å². The van der Waals surface area contributed by atoms with Crippen molar-refractivity contribution in [2.75, 3.05) is 0 Å². The predicted molar refractivity (Wildman–Crippen MR) is 114 cm³/mol. The van der Waals surface area contributed by atoms with E-state index in [9.17, 15) is 5.11 Å². The summed E-state index contributed by atoms with van der Waals surface area (Å²) < 4.78 is 3.41. The van der Waals surface area contributed by atoms with E-state index in [1.165, 1.54) is 11.3 Å². The third-order valence-corrected chi connectivity index (χ3v) is 5.78. The van der Waals surface area contributed by atoms with Crippen LogP contribution in [-0.4, -0.2) is 51.5 Å². The lowest BCUT2D eigenvalue weighted by Crippen LogP contribution is -2.16. The van der Waals surface area contributed by atoms with Crippen LogP contribution in [0.5, 0.6) is 0 Å². The molecule has 5 aromatic rings. The molecule has 0 bridgehead atoms. The van der Waals surface area contributed by atoms with Gasteiger partial charge in [0.1, 0.15) is 0 Å². The molecule has 0 spiro atoms. The average Bonchev–Trinajstić information content (AvgIpc) is 3.44. The highest BCUT2D eigenvalue weighted by Gasteiger charge is 2.17. The molecule has 9 nitrogen and oxygen atoms in total. The number of aryl methyl sites for hydroxylation is 1. The lowest BCUT2D eigenvalue weighted by atomic mass is 10.0. The molecule has 4 heterocycles. The van der Waals surface area contributed by atoms with Gasteiger partial charge in [0.25, 0.3) is 0 Å². The van der Waals surface area contributed by atoms with Gasteiger partial charge in [-0.25, -0.2) is 0 Å². The predicted octanol–water partition coefficient (Wildman–Crippen LogP) is 2.47. The number of fused-ring (bicyclic) bond motifs is 2. The van der Waals surface area contributed by atoms with Gasteiger partial charge in [-0.2, -0.15) is 14.7 Å². The Kier molecular flexibility index (Phi) is 4.37. The van der Waals surface area contributed by atoms with Gasteiger partial charge in [-0.05, 0) is 30.7 Å². The molecule has 5 rings (SSSR count). The van der Waals surface area contributed by atoms with Crippen LogP contribution in [-0.2, 0) is 13.5 Å². The van der Waals surface area contributed by atoms with Crippen LogP contribution < -0.4 is 0 Å². The Bertz CT molecular complexity index is 1400. The first-order valence-corrected chi connectivity index (χ1v) is 10.2. The van der Waals surface area contributed by atoms with E-state index in [4.69, 9.17) is 5.41 Å². The third kappa shape index (κ3) is 3.25. The van der Waals surface area contributed by atoms with Crippen molar-refractivity contribution in [3.8, 4) is 11.1 Å². The van der Waals surface area contributed by atoms with Crippen molar-refractivity contribution < 1.29 is 5.11 Å². The van der Waals surface area contributed by atoms with Gasteiger partial charge in [0, 0.05) is 42.4 Å². The second kappa shape index (κ2) is 7.08. The van der Waals surface area contributed by atoms with Crippen molar-refractivity contribution in [3.63, 3.8) is 0 Å². The molecule has 0 aliphatic heterocycles. The van der Waals surface area contributed by atoms with E-state index in [0.717, 1.165) is 27.6 Å². The van der Waals surface area contributed by atoms with Crippen molar-refractivity contribution in [2.45, 2.75) is 19.4 Å². The molecule has 0 unspecified atom stereocenters. The molecule has 2 N–H and O–H groups in total. The molecular weight excluding hydrogens is 400 g/mol. The zero-order valence-electron chi connectivity index (χ0n) is 16.3. The van der Waals surface area contributed by atoms with E-state index in [0.29, 0.717) is 22.2 Å². The summed E-state index contributed by atoms with van der Waals surface area (Å²) in [6.07, 6.45) is 5.31. The van der Waals surface area contributed by atoms with E-state index in [-0.39, 0.29) is 5.71 Å². The summed E-state index contributed by atoms with van der Waals surface area (Å²) in [4.78, 5) is 5.17. The number of rotatable bonds is 5. The first-order valence-electron chi connectivity index (χ1n) is 9.33. The maximum atomic E-state index is 9.63. The summed E-state index contributed by atoms with van der Waals surface area (Å²) in [5.74, 6) is 0.682. The van der Waals surface area contributed by atoms with Gasteiger partial charge in [-0.1, -0.05) is 17.4 Å². The molecule has 4 aromatic heterocycles. The standard InChI is InChI=1S/C20H18N8OS/c1-11(29)18(21)19-26-28-17(24-25-20(28)30-19)6-12-3-4-16-13(5-12)7-14(8-22-16)15-9-23-27(2)10-15/h3-5,7-11,21,29H,6H2,1-2H3/t11-/m1/s1. The van der Waals surface area contributed by atoms with Gasteiger partial charge in [0.05, 0.1) is 23.5 Å². The fourth-order valence-corrected chi connectivity index (χ4v) is 4.15. The summed E-state index contributed by atoms with van der Waals surface area (Å²) in [5, 5.41) is 36.1. The number of aliphatic hydroxyl groups excluding tert-OH is 1. The second-order valence-corrected chi connectivity index (χ2v) is 8.09. The molecule has 30 heavy (non-hydrogen) atoms. The van der Waals surface area contributed by atoms with Crippen LogP contribution in [0, 0.1) is 5.41 Å². The number of aromatic nitrogens is 7. The summed E-state index contributed by atoms with van der Waals surface area (Å²) in [6, 6.07) is 8.21. The lowest BCUT2D eigenvalue weighted by molar-refractivity contribution is 0.261. The Morgan fingerprint density at radius 3 is 2.83 bits per heavy atom. The Morgan fingerprint density at radius 1 is 1.20 bits per heavy atom. The number of nitrogens with one attached hydrogen (secondary N) is 1. The van der Waals surface area contributed by atoms with Gasteiger partial charge in [0.15, 0.2) is 10.8 Å². The highest BCUT2D eigenvalue weighted by Crippen LogP contribution is 2.24. The van der Waals surface area contributed by atoms with Gasteiger partial charge in [-0.15, -0.1) is 10.2 Å². The highest BCUT2D eigenvalue weighted by atomic mass is 32.1. The van der Waals surface area contributed by atoms with E-state index >= 15 is 0 Å². The van der Waals surface area contributed by atoms with Crippen molar-refractivity contribution in [1.82, 2.24) is 34.6 Å². The molecule has 0 aliphatic carbocycles. The minimum atomic E-state index is -0.876. The zero-order valence-corrected chi connectivity index (χ0v) is 17.1. The number of benzene rings is 1. The van der Waals surface area contributed by atoms with Gasteiger partial charge in [0.2, 0.25) is 4.96 Å². The summed E-state index contributed by atoms with van der Waals surface area (Å²) >= 11 is 1.25. The van der Waals surface area contributed by atoms with Crippen molar-refractivity contribution in [2.24, 2.45) is 7.05 Å². The Hall–Kier alpha value is -3.50. The lowest BCUT2D eigenvalue weighted by Gasteiger charge is -2.04. The molecule has 0 amide bonds. The van der Waals surface area contributed by atoms with Crippen molar-refractivity contribution >= 4 is 32.9 Å². The van der Waals surface area contributed by atoms with E-state index in [1.54, 1.807) is 16.1 Å². The largest absolute Gasteiger partial charge is 0.387 e. The molecule has 10 heteroatoms. The Balaban J connectivity index is 1.48. The molecule has 150 valence electrons. The third-order valence-electron chi connectivity index (χ3n) is 4.85. The van der Waals surface area contributed by atoms with Gasteiger partial charge >= 0.3 is 0 Å². The molecule has 1 atom stereocenters. The smallest absolute Gasteiger partial charge is 0.235 e. The quantitative estimate of drug-likeness (QED) is 0.423. The first kappa shape index (κ1) is 18.5. The van der Waals surface area contributed by atoms with Crippen LogP contribution in [0.1, 0.15) is 23.3 Å². The van der Waals surface area contributed by atoms with Crippen LogP contribution >= 0.6 is 11.3 Å². The van der Waals surface area contributed by atoms with E-state index in [1.807, 2.05) is 37.8 Å². The first-order chi connectivity index (χ1) is 14.5.